The maximum absolute atomic E-state index is 8.79. The second kappa shape index (κ2) is 7.06. The van der Waals surface area contributed by atoms with Gasteiger partial charge in [0.15, 0.2) is 0 Å². The zero-order valence-electron chi connectivity index (χ0n) is 12.1. The highest BCUT2D eigenvalue weighted by Crippen LogP contribution is 2.38. The Balaban J connectivity index is 0.00000147. The molecule has 2 heterocycles. The van der Waals surface area contributed by atoms with Gasteiger partial charge >= 0.3 is 0 Å². The number of rotatable bonds is 3. The molecule has 4 heteroatoms. The molecule has 2 aliphatic rings. The molecule has 1 aliphatic heterocycles. The van der Waals surface area contributed by atoms with Gasteiger partial charge in [-0.15, -0.1) is 23.7 Å². The van der Waals surface area contributed by atoms with E-state index in [-0.39, 0.29) is 17.9 Å². The van der Waals surface area contributed by atoms with Crippen LogP contribution in [-0.2, 0) is 0 Å². The highest BCUT2D eigenvalue weighted by atomic mass is 35.5. The summed E-state index contributed by atoms with van der Waals surface area (Å²) >= 11 is 1.74. The minimum Gasteiger partial charge on any atom is -0.302 e. The lowest BCUT2D eigenvalue weighted by molar-refractivity contribution is 0.0869. The van der Waals surface area contributed by atoms with E-state index in [1.54, 1.807) is 11.3 Å². The Hall–Kier alpha value is -0.380. The van der Waals surface area contributed by atoms with Crippen molar-refractivity contribution in [2.45, 2.75) is 56.9 Å². The van der Waals surface area contributed by atoms with Gasteiger partial charge < -0.3 is 5.41 Å². The van der Waals surface area contributed by atoms with E-state index < -0.39 is 0 Å². The van der Waals surface area contributed by atoms with Crippen molar-refractivity contribution in [3.63, 3.8) is 0 Å². The zero-order chi connectivity index (χ0) is 13.1. The van der Waals surface area contributed by atoms with E-state index in [4.69, 9.17) is 5.41 Å². The number of likely N-dealkylation sites (tertiary alicyclic amines) is 1. The van der Waals surface area contributed by atoms with Gasteiger partial charge in [0.2, 0.25) is 0 Å². The van der Waals surface area contributed by atoms with Crippen molar-refractivity contribution in [3.05, 3.63) is 22.4 Å². The minimum atomic E-state index is 0. The van der Waals surface area contributed by atoms with Crippen LogP contribution in [0.2, 0.25) is 0 Å². The van der Waals surface area contributed by atoms with E-state index in [0.29, 0.717) is 0 Å². The summed E-state index contributed by atoms with van der Waals surface area (Å²) in [4.78, 5) is 3.84. The lowest BCUT2D eigenvalue weighted by Crippen LogP contribution is -2.57. The summed E-state index contributed by atoms with van der Waals surface area (Å²) in [7, 11) is 0. The van der Waals surface area contributed by atoms with Crippen LogP contribution in [0, 0.1) is 5.41 Å². The number of thiophene rings is 1. The van der Waals surface area contributed by atoms with Crippen LogP contribution < -0.4 is 0 Å². The normalized spacial score (nSPS) is 23.0. The predicted octanol–water partition coefficient (Wildman–Crippen LogP) is 4.73. The summed E-state index contributed by atoms with van der Waals surface area (Å²) in [5.74, 6) is 0. The van der Waals surface area contributed by atoms with E-state index in [1.807, 2.05) is 0 Å². The van der Waals surface area contributed by atoms with Crippen molar-refractivity contribution in [2.24, 2.45) is 0 Å². The Kier molecular flexibility index (Phi) is 5.65. The molecule has 1 saturated heterocycles. The fraction of sp³-hybridized carbons (Fsp3) is 0.688. The van der Waals surface area contributed by atoms with Crippen LogP contribution in [0.15, 0.2) is 17.5 Å². The maximum Gasteiger partial charge on any atom is 0.0688 e. The molecule has 112 valence electrons. The smallest absolute Gasteiger partial charge is 0.0688 e. The fourth-order valence-electron chi connectivity index (χ4n) is 3.83. The molecule has 0 bridgehead atoms. The molecule has 3 rings (SSSR count). The van der Waals surface area contributed by atoms with Crippen LogP contribution in [0.25, 0.3) is 0 Å². The third-order valence-electron chi connectivity index (χ3n) is 4.88. The topological polar surface area (TPSA) is 27.1 Å². The van der Waals surface area contributed by atoms with Gasteiger partial charge in [-0.3, -0.25) is 4.90 Å². The van der Waals surface area contributed by atoms with E-state index >= 15 is 0 Å². The van der Waals surface area contributed by atoms with Crippen LogP contribution in [0.3, 0.4) is 0 Å². The van der Waals surface area contributed by atoms with Crippen molar-refractivity contribution in [1.29, 1.82) is 5.41 Å². The van der Waals surface area contributed by atoms with Gasteiger partial charge in [0.1, 0.15) is 0 Å². The van der Waals surface area contributed by atoms with Gasteiger partial charge in [0.05, 0.1) is 11.3 Å². The summed E-state index contributed by atoms with van der Waals surface area (Å²) in [6.07, 6.45) is 10.4. The van der Waals surface area contributed by atoms with Gasteiger partial charge in [0.25, 0.3) is 0 Å². The largest absolute Gasteiger partial charge is 0.302 e. The molecule has 0 unspecified atom stereocenters. The second-order valence-corrected chi connectivity index (χ2v) is 6.94. The molecule has 1 N–H and O–H groups in total. The lowest BCUT2D eigenvalue weighted by atomic mass is 9.75. The van der Waals surface area contributed by atoms with Gasteiger partial charge in [-0.25, -0.2) is 0 Å². The van der Waals surface area contributed by atoms with Gasteiger partial charge in [-0.05, 0) is 50.2 Å². The molecule has 1 aromatic rings. The second-order valence-electron chi connectivity index (χ2n) is 5.99. The predicted molar refractivity (Wildman–Crippen MR) is 89.6 cm³/mol. The van der Waals surface area contributed by atoms with E-state index in [2.05, 4.69) is 22.4 Å². The molecule has 1 aliphatic carbocycles. The monoisotopic (exact) mass is 312 g/mol. The van der Waals surface area contributed by atoms with Crippen molar-refractivity contribution < 1.29 is 0 Å². The first kappa shape index (κ1) is 16.0. The molecule has 0 aromatic carbocycles. The Morgan fingerprint density at radius 2 is 1.70 bits per heavy atom. The molecule has 2 fully saturated rings. The molecule has 0 atom stereocenters. The number of piperidine rings is 1. The molecule has 1 aromatic heterocycles. The Labute approximate surface area is 132 Å². The molecule has 20 heavy (non-hydrogen) atoms. The zero-order valence-corrected chi connectivity index (χ0v) is 13.7. The Bertz CT molecular complexity index is 418. The number of hydrogen-bond donors (Lipinski definition) is 1. The lowest BCUT2D eigenvalue weighted by Gasteiger charge is -2.48. The van der Waals surface area contributed by atoms with Crippen molar-refractivity contribution in [3.8, 4) is 0 Å². The first-order valence-electron chi connectivity index (χ1n) is 7.71. The summed E-state index contributed by atoms with van der Waals surface area (Å²) in [6, 6.07) is 4.22. The summed E-state index contributed by atoms with van der Waals surface area (Å²) in [5, 5.41) is 10.9. The Morgan fingerprint density at radius 1 is 1.05 bits per heavy atom. The average Bonchev–Trinajstić information content (AvgIpc) is 3.02. The van der Waals surface area contributed by atoms with Crippen LogP contribution in [0.1, 0.15) is 56.2 Å². The summed E-state index contributed by atoms with van der Waals surface area (Å²) in [6.45, 7) is 2.40. The fourth-order valence-corrected chi connectivity index (χ4v) is 4.60. The van der Waals surface area contributed by atoms with Crippen molar-refractivity contribution in [1.82, 2.24) is 4.90 Å². The number of nitrogens with one attached hydrogen (secondary N) is 1. The van der Waals surface area contributed by atoms with Gasteiger partial charge in [-0.1, -0.05) is 31.7 Å². The summed E-state index contributed by atoms with van der Waals surface area (Å²) in [5.41, 5.74) is 0.966. The number of halogens is 1. The molecule has 2 nitrogen and oxygen atoms in total. The van der Waals surface area contributed by atoms with E-state index in [9.17, 15) is 0 Å². The molecular formula is C16H25ClN2S. The highest BCUT2D eigenvalue weighted by Gasteiger charge is 2.42. The SMILES string of the molecule is Cl.N=C(c1cccs1)C1(N2CCCCC2)CCCCC1. The van der Waals surface area contributed by atoms with Gasteiger partial charge in [-0.2, -0.15) is 0 Å². The maximum atomic E-state index is 8.79. The standard InChI is InChI=1S/C16H24N2S.ClH/c17-15(14-8-7-13-19-14)16(9-3-1-4-10-16)18-11-5-2-6-12-18;/h7-8,13,17H,1-6,9-12H2;1H. The van der Waals surface area contributed by atoms with Crippen LogP contribution in [0.5, 0.6) is 0 Å². The van der Waals surface area contributed by atoms with E-state index in [0.717, 1.165) is 5.71 Å². The highest BCUT2D eigenvalue weighted by molar-refractivity contribution is 7.12. The average molecular weight is 313 g/mol. The molecule has 1 saturated carbocycles. The first-order valence-corrected chi connectivity index (χ1v) is 8.59. The van der Waals surface area contributed by atoms with Crippen LogP contribution >= 0.6 is 23.7 Å². The van der Waals surface area contributed by atoms with Crippen molar-refractivity contribution >= 4 is 29.5 Å². The molecule has 0 amide bonds. The number of nitrogens with zero attached hydrogens (tertiary/aromatic N) is 1. The Morgan fingerprint density at radius 3 is 2.30 bits per heavy atom. The summed E-state index contributed by atoms with van der Waals surface area (Å²) < 4.78 is 0. The van der Waals surface area contributed by atoms with E-state index in [1.165, 1.54) is 69.3 Å². The van der Waals surface area contributed by atoms with Crippen molar-refractivity contribution in [2.75, 3.05) is 13.1 Å². The quantitative estimate of drug-likeness (QED) is 0.803. The minimum absolute atomic E-state index is 0. The molecule has 0 spiro atoms. The molecular weight excluding hydrogens is 288 g/mol. The van der Waals surface area contributed by atoms with Crippen LogP contribution in [-0.4, -0.2) is 29.2 Å². The third kappa shape index (κ3) is 2.95. The molecule has 0 radical (unpaired) electrons. The van der Waals surface area contributed by atoms with Gasteiger partial charge in [0, 0.05) is 4.88 Å². The third-order valence-corrected chi connectivity index (χ3v) is 5.76. The number of hydrogen-bond acceptors (Lipinski definition) is 3. The van der Waals surface area contributed by atoms with Crippen LogP contribution in [0.4, 0.5) is 0 Å². The first-order chi connectivity index (χ1) is 9.33.